The van der Waals surface area contributed by atoms with E-state index in [2.05, 4.69) is 5.32 Å². The Morgan fingerprint density at radius 1 is 1.18 bits per heavy atom. The Hall–Kier alpha value is -0.240. The number of rotatable bonds is 4. The van der Waals surface area contributed by atoms with Gasteiger partial charge in [-0.05, 0) is 61.7 Å². The number of hydrogen-bond acceptors (Lipinski definition) is 1. The fraction of sp³-hybridized carbons (Fsp3) is 0.929. The van der Waals surface area contributed by atoms with Gasteiger partial charge in [-0.25, -0.2) is 0 Å². The van der Waals surface area contributed by atoms with E-state index < -0.39 is 0 Å². The minimum absolute atomic E-state index is 0.175. The van der Waals surface area contributed by atoms with Crippen LogP contribution in [0, 0.1) is 35.5 Å². The van der Waals surface area contributed by atoms with Gasteiger partial charge in [-0.15, -0.1) is 11.6 Å². The molecule has 0 heterocycles. The first-order chi connectivity index (χ1) is 8.25. The Morgan fingerprint density at radius 3 is 2.41 bits per heavy atom. The summed E-state index contributed by atoms with van der Waals surface area (Å²) in [6, 6.07) is 0. The normalized spacial score (nSPS) is 47.7. The van der Waals surface area contributed by atoms with E-state index in [1.807, 2.05) is 0 Å². The van der Waals surface area contributed by atoms with E-state index in [9.17, 15) is 4.79 Å². The molecule has 0 aromatic rings. The minimum Gasteiger partial charge on any atom is -0.354 e. The average molecular weight is 254 g/mol. The van der Waals surface area contributed by atoms with Crippen LogP contribution >= 0.6 is 11.6 Å². The summed E-state index contributed by atoms with van der Waals surface area (Å²) in [7, 11) is 0. The highest BCUT2D eigenvalue weighted by atomic mass is 35.5. The van der Waals surface area contributed by atoms with Crippen molar-refractivity contribution in [2.75, 3.05) is 6.54 Å². The van der Waals surface area contributed by atoms with Gasteiger partial charge < -0.3 is 5.32 Å². The molecule has 0 aromatic heterocycles. The molecule has 2 nitrogen and oxygen atoms in total. The number of fused-ring (bicyclic) bond motifs is 5. The number of amides is 1. The van der Waals surface area contributed by atoms with Crippen LogP contribution in [0.15, 0.2) is 0 Å². The molecule has 0 radical (unpaired) electrons. The van der Waals surface area contributed by atoms with Crippen LogP contribution in [-0.4, -0.2) is 17.8 Å². The van der Waals surface area contributed by atoms with Crippen molar-refractivity contribution in [1.29, 1.82) is 0 Å². The Bertz CT molecular complexity index is 338. The van der Waals surface area contributed by atoms with Crippen LogP contribution in [0.3, 0.4) is 0 Å². The van der Waals surface area contributed by atoms with Crippen molar-refractivity contribution in [3.8, 4) is 0 Å². The van der Waals surface area contributed by atoms with Gasteiger partial charge in [-0.3, -0.25) is 4.79 Å². The number of carbonyl (C=O) groups excluding carboxylic acids is 1. The zero-order valence-electron chi connectivity index (χ0n) is 10.1. The van der Waals surface area contributed by atoms with Gasteiger partial charge in [0.25, 0.3) is 0 Å². The van der Waals surface area contributed by atoms with Crippen molar-refractivity contribution in [3.05, 3.63) is 0 Å². The Morgan fingerprint density at radius 2 is 1.82 bits per heavy atom. The van der Waals surface area contributed by atoms with E-state index in [0.29, 0.717) is 24.3 Å². The summed E-state index contributed by atoms with van der Waals surface area (Å²) in [5.41, 5.74) is 0. The Kier molecular flexibility index (Phi) is 2.28. The molecule has 2 bridgehead atoms. The predicted octanol–water partition coefficient (Wildman–Crippen LogP) is 2.41. The monoisotopic (exact) mass is 253 g/mol. The second kappa shape index (κ2) is 3.63. The molecule has 4 rings (SSSR count). The molecule has 0 aliphatic heterocycles. The summed E-state index contributed by atoms with van der Waals surface area (Å²) in [5.74, 6) is 4.62. The zero-order chi connectivity index (χ0) is 11.6. The number of nitrogens with one attached hydrogen (secondary N) is 1. The highest BCUT2D eigenvalue weighted by molar-refractivity contribution is 6.21. The highest BCUT2D eigenvalue weighted by Crippen LogP contribution is 2.69. The van der Waals surface area contributed by atoms with Gasteiger partial charge in [0, 0.05) is 12.5 Å². The lowest BCUT2D eigenvalue weighted by Crippen LogP contribution is -2.33. The number of alkyl halides is 1. The van der Waals surface area contributed by atoms with E-state index in [1.165, 1.54) is 32.1 Å². The minimum atomic E-state index is 0.175. The second-order valence-electron chi connectivity index (χ2n) is 6.61. The maximum absolute atomic E-state index is 12.1. The van der Waals surface area contributed by atoms with Crippen molar-refractivity contribution in [1.82, 2.24) is 5.32 Å². The highest BCUT2D eigenvalue weighted by Gasteiger charge is 2.67. The molecule has 5 unspecified atom stereocenters. The van der Waals surface area contributed by atoms with Crippen molar-refractivity contribution >= 4 is 17.5 Å². The third-order valence-corrected chi connectivity index (χ3v) is 6.15. The number of hydrogen-bond donors (Lipinski definition) is 1. The summed E-state index contributed by atoms with van der Waals surface area (Å²) in [5, 5.41) is 3.27. The van der Waals surface area contributed by atoms with Crippen molar-refractivity contribution in [2.45, 2.75) is 37.5 Å². The van der Waals surface area contributed by atoms with E-state index in [1.54, 1.807) is 0 Å². The average Bonchev–Trinajstić information content (AvgIpc) is 3.24. The smallest absolute Gasteiger partial charge is 0.223 e. The van der Waals surface area contributed by atoms with Crippen LogP contribution in [0.25, 0.3) is 0 Å². The van der Waals surface area contributed by atoms with Crippen LogP contribution in [0.1, 0.15) is 32.1 Å². The maximum Gasteiger partial charge on any atom is 0.223 e. The van der Waals surface area contributed by atoms with Gasteiger partial charge in [-0.2, -0.15) is 0 Å². The van der Waals surface area contributed by atoms with Gasteiger partial charge in [-0.1, -0.05) is 0 Å². The lowest BCUT2D eigenvalue weighted by Gasteiger charge is -2.12. The summed E-state index contributed by atoms with van der Waals surface area (Å²) in [6.07, 6.45) is 6.69. The summed E-state index contributed by atoms with van der Waals surface area (Å²) in [6.45, 7) is 0.691. The van der Waals surface area contributed by atoms with E-state index in [0.717, 1.165) is 23.7 Å². The van der Waals surface area contributed by atoms with Gasteiger partial charge in [0.2, 0.25) is 5.91 Å². The predicted molar refractivity (Wildman–Crippen MR) is 66.7 cm³/mol. The van der Waals surface area contributed by atoms with Crippen LogP contribution in [0.2, 0.25) is 0 Å². The van der Waals surface area contributed by atoms with Crippen LogP contribution in [-0.2, 0) is 4.79 Å². The van der Waals surface area contributed by atoms with Crippen LogP contribution in [0.4, 0.5) is 0 Å². The number of halogens is 1. The molecule has 17 heavy (non-hydrogen) atoms. The molecule has 1 N–H and O–H groups in total. The molecule has 4 aliphatic rings. The van der Waals surface area contributed by atoms with Crippen molar-refractivity contribution in [3.63, 3.8) is 0 Å². The van der Waals surface area contributed by atoms with Gasteiger partial charge >= 0.3 is 0 Å². The Labute approximate surface area is 107 Å². The van der Waals surface area contributed by atoms with Crippen molar-refractivity contribution in [2.24, 2.45) is 35.5 Å². The van der Waals surface area contributed by atoms with Crippen LogP contribution < -0.4 is 5.32 Å². The molecule has 4 saturated carbocycles. The van der Waals surface area contributed by atoms with Gasteiger partial charge in [0.1, 0.15) is 0 Å². The molecule has 0 aromatic carbocycles. The molecule has 94 valence electrons. The lowest BCUT2D eigenvalue weighted by molar-refractivity contribution is -0.123. The van der Waals surface area contributed by atoms with E-state index >= 15 is 0 Å². The first kappa shape index (κ1) is 10.7. The molecule has 4 aliphatic carbocycles. The first-order valence-electron chi connectivity index (χ1n) is 7.17. The molecular weight excluding hydrogens is 234 g/mol. The summed E-state index contributed by atoms with van der Waals surface area (Å²) < 4.78 is 0. The second-order valence-corrected chi connectivity index (χ2v) is 7.17. The standard InChI is InChI=1S/C14H20ClNO/c15-10(7-1-2-7)6-16-14(17)13-11-8-3-4-9(5-8)12(11)13/h7-13H,1-6H2,(H,16,17). The van der Waals surface area contributed by atoms with Crippen molar-refractivity contribution < 1.29 is 4.79 Å². The maximum atomic E-state index is 12.1. The molecule has 0 spiro atoms. The quantitative estimate of drug-likeness (QED) is 0.766. The number of carbonyl (C=O) groups is 1. The third kappa shape index (κ3) is 1.63. The van der Waals surface area contributed by atoms with Gasteiger partial charge in [0.05, 0.1) is 5.38 Å². The SMILES string of the molecule is O=C(NCC(Cl)C1CC1)C1C2C3CCC(C3)C12. The molecule has 1 amide bonds. The third-order valence-electron chi connectivity index (χ3n) is 5.64. The molecule has 5 atom stereocenters. The molecule has 0 saturated heterocycles. The lowest BCUT2D eigenvalue weighted by atomic mass is 10.0. The Balaban J connectivity index is 1.30. The molecular formula is C14H20ClNO. The largest absolute Gasteiger partial charge is 0.354 e. The van der Waals surface area contributed by atoms with E-state index in [4.69, 9.17) is 11.6 Å². The topological polar surface area (TPSA) is 29.1 Å². The summed E-state index contributed by atoms with van der Waals surface area (Å²) in [4.78, 5) is 12.1. The molecule has 3 heteroatoms. The van der Waals surface area contributed by atoms with E-state index in [-0.39, 0.29) is 5.38 Å². The van der Waals surface area contributed by atoms with Crippen LogP contribution in [0.5, 0.6) is 0 Å². The fourth-order valence-corrected chi connectivity index (χ4v) is 4.95. The van der Waals surface area contributed by atoms with Gasteiger partial charge in [0.15, 0.2) is 0 Å². The zero-order valence-corrected chi connectivity index (χ0v) is 10.8. The summed E-state index contributed by atoms with van der Waals surface area (Å²) >= 11 is 6.22. The first-order valence-corrected chi connectivity index (χ1v) is 7.61. The fourth-order valence-electron chi connectivity index (χ4n) is 4.62. The molecule has 4 fully saturated rings.